The van der Waals surface area contributed by atoms with Gasteiger partial charge in [0.15, 0.2) is 0 Å². The smallest absolute Gasteiger partial charge is 0.120 e. The first kappa shape index (κ1) is 8.41. The Kier molecular flexibility index (Phi) is 6.92. The van der Waals surface area contributed by atoms with Gasteiger partial charge in [0.1, 0.15) is 5.94 Å². The van der Waals surface area contributed by atoms with Crippen molar-refractivity contribution in [1.29, 1.82) is 0 Å². The van der Waals surface area contributed by atoms with Crippen LogP contribution in [0.2, 0.25) is 0 Å². The summed E-state index contributed by atoms with van der Waals surface area (Å²) in [5, 5.41) is 2.85. The highest BCUT2D eigenvalue weighted by Gasteiger charge is 1.81. The molecule has 2 heteroatoms. The first-order valence-electron chi connectivity index (χ1n) is 2.86. The van der Waals surface area contributed by atoms with Crippen LogP contribution in [0.5, 0.6) is 0 Å². The van der Waals surface area contributed by atoms with Crippen molar-refractivity contribution in [2.75, 3.05) is 6.54 Å². The number of rotatable bonds is 5. The van der Waals surface area contributed by atoms with E-state index in [0.717, 1.165) is 6.54 Å². The molecule has 0 saturated carbocycles. The zero-order chi connectivity index (χ0) is 6.95. The molecule has 0 atom stereocenters. The molecule has 0 unspecified atom stereocenters. The molecule has 0 rings (SSSR count). The second kappa shape index (κ2) is 7.41. The molecule has 0 fully saturated rings. The molecular formula is C7H10NO. The maximum Gasteiger partial charge on any atom is 0.120 e. The van der Waals surface area contributed by atoms with E-state index >= 15 is 0 Å². The molecule has 9 heavy (non-hydrogen) atoms. The highest BCUT2D eigenvalue weighted by Crippen LogP contribution is 1.79. The summed E-state index contributed by atoms with van der Waals surface area (Å²) in [6, 6.07) is 0. The van der Waals surface area contributed by atoms with Crippen LogP contribution in [0.1, 0.15) is 12.8 Å². The van der Waals surface area contributed by atoms with E-state index in [0.29, 0.717) is 12.8 Å². The van der Waals surface area contributed by atoms with Crippen molar-refractivity contribution in [3.8, 4) is 0 Å². The van der Waals surface area contributed by atoms with Gasteiger partial charge in [0.2, 0.25) is 0 Å². The summed E-state index contributed by atoms with van der Waals surface area (Å²) >= 11 is 0. The Morgan fingerprint density at radius 1 is 1.67 bits per heavy atom. The summed E-state index contributed by atoms with van der Waals surface area (Å²) < 4.78 is 0. The van der Waals surface area contributed by atoms with E-state index in [9.17, 15) is 4.79 Å². The van der Waals surface area contributed by atoms with Crippen molar-refractivity contribution < 1.29 is 4.79 Å². The summed E-state index contributed by atoms with van der Waals surface area (Å²) in [7, 11) is 0. The van der Waals surface area contributed by atoms with E-state index in [1.807, 2.05) is 0 Å². The molecule has 0 aromatic rings. The third kappa shape index (κ3) is 7.41. The molecule has 0 spiro atoms. The average Bonchev–Trinajstić information content (AvgIpc) is 1.89. The summed E-state index contributed by atoms with van der Waals surface area (Å²) in [4.78, 5) is 9.60. The van der Waals surface area contributed by atoms with E-state index in [-0.39, 0.29) is 0 Å². The number of carbonyl (C=O) groups excluding carboxylic acids is 1. The van der Waals surface area contributed by atoms with Crippen LogP contribution >= 0.6 is 0 Å². The molecular weight excluding hydrogens is 114 g/mol. The van der Waals surface area contributed by atoms with Crippen LogP contribution in [0.25, 0.3) is 0 Å². The Bertz CT molecular complexity index is 95.1. The molecule has 0 amide bonds. The Morgan fingerprint density at radius 2 is 2.44 bits per heavy atom. The number of nitrogens with one attached hydrogen (secondary N) is 1. The minimum atomic E-state index is 0.644. The monoisotopic (exact) mass is 124 g/mol. The Hall–Kier alpha value is -0.590. The molecule has 2 nitrogen and oxygen atoms in total. The number of hydrogen-bond acceptors (Lipinski definition) is 2. The summed E-state index contributed by atoms with van der Waals surface area (Å²) in [5.41, 5.74) is 0. The van der Waals surface area contributed by atoms with Crippen LogP contribution in [0.15, 0.2) is 6.08 Å². The second-order valence-corrected chi connectivity index (χ2v) is 1.46. The molecule has 0 aliphatic carbocycles. The lowest BCUT2D eigenvalue weighted by Crippen LogP contribution is -2.09. The minimum absolute atomic E-state index is 0.644. The van der Waals surface area contributed by atoms with Gasteiger partial charge in [-0.25, -0.2) is 4.79 Å². The minimum Gasteiger partial charge on any atom is -0.308 e. The van der Waals surface area contributed by atoms with Crippen molar-refractivity contribution in [1.82, 2.24) is 5.32 Å². The fraction of sp³-hybridized carbons (Fsp3) is 0.429. The van der Waals surface area contributed by atoms with Crippen LogP contribution in [0.4, 0.5) is 0 Å². The third-order valence-electron chi connectivity index (χ3n) is 0.747. The van der Waals surface area contributed by atoms with E-state index < -0.39 is 0 Å². The van der Waals surface area contributed by atoms with Gasteiger partial charge in [0.25, 0.3) is 0 Å². The normalized spacial score (nSPS) is 8.56. The zero-order valence-corrected chi connectivity index (χ0v) is 5.31. The molecule has 0 heterocycles. The molecule has 0 aromatic carbocycles. The van der Waals surface area contributed by atoms with Crippen LogP contribution in [0, 0.1) is 13.5 Å². The highest BCUT2D eigenvalue weighted by molar-refractivity contribution is 5.44. The van der Waals surface area contributed by atoms with Crippen LogP contribution in [0.3, 0.4) is 0 Å². The van der Waals surface area contributed by atoms with Gasteiger partial charge < -0.3 is 5.32 Å². The van der Waals surface area contributed by atoms with E-state index in [1.54, 1.807) is 5.94 Å². The van der Waals surface area contributed by atoms with Gasteiger partial charge in [0, 0.05) is 6.08 Å². The van der Waals surface area contributed by atoms with Gasteiger partial charge in [0.05, 0.1) is 6.54 Å². The fourth-order valence-corrected chi connectivity index (χ4v) is 0.380. The maximum absolute atomic E-state index is 9.60. The topological polar surface area (TPSA) is 29.1 Å². The van der Waals surface area contributed by atoms with Crippen molar-refractivity contribution in [2.24, 2.45) is 0 Å². The van der Waals surface area contributed by atoms with Crippen LogP contribution < -0.4 is 5.32 Å². The summed E-state index contributed by atoms with van der Waals surface area (Å²) in [5.74, 6) is 1.69. The molecule has 0 aliphatic heterocycles. The fourth-order valence-electron chi connectivity index (χ4n) is 0.380. The van der Waals surface area contributed by atoms with E-state index in [1.165, 1.54) is 6.08 Å². The van der Waals surface area contributed by atoms with Gasteiger partial charge in [-0.05, 0) is 19.4 Å². The molecule has 49 valence electrons. The van der Waals surface area contributed by atoms with E-state index in [2.05, 4.69) is 18.8 Å². The first-order chi connectivity index (χ1) is 4.41. The molecule has 0 saturated heterocycles. The molecule has 0 bridgehead atoms. The molecule has 0 aromatic heterocycles. The maximum atomic E-state index is 9.60. The highest BCUT2D eigenvalue weighted by atomic mass is 16.1. The number of hydrogen-bond donors (Lipinski definition) is 1. The predicted octanol–water partition coefficient (Wildman–Crippen LogP) is 0.617. The Labute approximate surface area is 56.0 Å². The summed E-state index contributed by atoms with van der Waals surface area (Å²) in [6.07, 6.45) is 2.79. The standard InChI is InChI=1S/C7H10NO/c1-2-5-8-6-3-4-7-9/h4,8H,1-3,6H2. The summed E-state index contributed by atoms with van der Waals surface area (Å²) in [6.45, 7) is 7.08. The molecule has 1 N–H and O–H groups in total. The van der Waals surface area contributed by atoms with Crippen molar-refractivity contribution in [3.05, 3.63) is 19.5 Å². The van der Waals surface area contributed by atoms with Gasteiger partial charge in [-0.2, -0.15) is 0 Å². The van der Waals surface area contributed by atoms with Gasteiger partial charge >= 0.3 is 0 Å². The Balaban J connectivity index is 2.82. The lowest BCUT2D eigenvalue weighted by molar-refractivity contribution is 0.567. The molecule has 3 radical (unpaired) electrons. The van der Waals surface area contributed by atoms with Crippen molar-refractivity contribution in [3.63, 3.8) is 0 Å². The van der Waals surface area contributed by atoms with Crippen LogP contribution in [-0.2, 0) is 4.79 Å². The van der Waals surface area contributed by atoms with Crippen LogP contribution in [-0.4, -0.2) is 12.5 Å². The predicted molar refractivity (Wildman–Crippen MR) is 36.1 cm³/mol. The first-order valence-corrected chi connectivity index (χ1v) is 2.86. The molecule has 0 aliphatic rings. The third-order valence-corrected chi connectivity index (χ3v) is 0.747. The van der Waals surface area contributed by atoms with Gasteiger partial charge in [-0.1, -0.05) is 6.92 Å². The lowest BCUT2D eigenvalue weighted by Gasteiger charge is -1.94. The quantitative estimate of drug-likeness (QED) is 0.330. The second-order valence-electron chi connectivity index (χ2n) is 1.46. The van der Waals surface area contributed by atoms with E-state index in [4.69, 9.17) is 0 Å². The SMILES string of the molecule is [CH2]C[C]NCCC=C=O. The van der Waals surface area contributed by atoms with Gasteiger partial charge in [-0.3, -0.25) is 0 Å². The van der Waals surface area contributed by atoms with Crippen molar-refractivity contribution in [2.45, 2.75) is 12.8 Å². The average molecular weight is 124 g/mol. The lowest BCUT2D eigenvalue weighted by atomic mass is 10.4. The Morgan fingerprint density at radius 3 is 3.00 bits per heavy atom. The largest absolute Gasteiger partial charge is 0.308 e. The van der Waals surface area contributed by atoms with Crippen molar-refractivity contribution >= 4 is 5.94 Å². The van der Waals surface area contributed by atoms with Gasteiger partial charge in [-0.15, -0.1) is 0 Å². The zero-order valence-electron chi connectivity index (χ0n) is 5.31.